The zero-order valence-electron chi connectivity index (χ0n) is 14.9. The van der Waals surface area contributed by atoms with Crippen molar-refractivity contribution in [1.29, 1.82) is 0 Å². The molecule has 1 saturated heterocycles. The van der Waals surface area contributed by atoms with E-state index in [1.807, 2.05) is 14.1 Å². The molecule has 0 radical (unpaired) electrons. The highest BCUT2D eigenvalue weighted by molar-refractivity contribution is 5.96. The molecule has 24 heavy (non-hydrogen) atoms. The number of nitrogens with zero attached hydrogens (tertiary/aromatic N) is 3. The fourth-order valence-corrected chi connectivity index (χ4v) is 3.29. The summed E-state index contributed by atoms with van der Waals surface area (Å²) in [5.41, 5.74) is 0.417. The molecule has 0 saturated carbocycles. The monoisotopic (exact) mass is 337 g/mol. The third-order valence-corrected chi connectivity index (χ3v) is 4.26. The van der Waals surface area contributed by atoms with E-state index in [9.17, 15) is 9.90 Å². The number of carbonyl (C=O) groups is 1. The number of rotatable bonds is 6. The van der Waals surface area contributed by atoms with Gasteiger partial charge in [0.1, 0.15) is 5.56 Å². The second-order valence-corrected chi connectivity index (χ2v) is 6.53. The number of methoxy groups -OCH3 is 2. The highest BCUT2D eigenvalue weighted by Crippen LogP contribution is 2.27. The van der Waals surface area contributed by atoms with Gasteiger partial charge in [-0.15, -0.1) is 0 Å². The Morgan fingerprint density at radius 1 is 1.29 bits per heavy atom. The van der Waals surface area contributed by atoms with E-state index in [1.54, 1.807) is 17.0 Å². The van der Waals surface area contributed by atoms with Crippen LogP contribution in [0.5, 0.6) is 11.8 Å². The Balaban J connectivity index is 2.20. The van der Waals surface area contributed by atoms with Crippen molar-refractivity contribution in [3.8, 4) is 11.8 Å². The molecule has 1 amide bonds. The largest absolute Gasteiger partial charge is 0.481 e. The first kappa shape index (κ1) is 18.5. The van der Waals surface area contributed by atoms with Gasteiger partial charge in [0.15, 0.2) is 0 Å². The van der Waals surface area contributed by atoms with Crippen LogP contribution in [-0.2, 0) is 0 Å². The fourth-order valence-electron chi connectivity index (χ4n) is 3.29. The maximum absolute atomic E-state index is 12.9. The first-order chi connectivity index (χ1) is 11.5. The van der Waals surface area contributed by atoms with Gasteiger partial charge < -0.3 is 24.4 Å². The molecule has 1 aliphatic rings. The van der Waals surface area contributed by atoms with Crippen molar-refractivity contribution in [1.82, 2.24) is 14.8 Å². The van der Waals surface area contributed by atoms with Crippen LogP contribution in [0.1, 0.15) is 16.8 Å². The third kappa shape index (κ3) is 4.36. The third-order valence-electron chi connectivity index (χ3n) is 4.26. The molecule has 1 aliphatic heterocycles. The van der Waals surface area contributed by atoms with Crippen molar-refractivity contribution in [3.63, 3.8) is 0 Å². The van der Waals surface area contributed by atoms with Crippen molar-refractivity contribution < 1.29 is 19.4 Å². The zero-order valence-corrected chi connectivity index (χ0v) is 14.9. The van der Waals surface area contributed by atoms with Crippen molar-refractivity contribution in [2.75, 3.05) is 54.6 Å². The molecule has 1 N–H and O–H groups in total. The second-order valence-electron chi connectivity index (χ2n) is 6.53. The summed E-state index contributed by atoms with van der Waals surface area (Å²) in [6.07, 6.45) is 0.927. The Bertz CT molecular complexity index is 565. The number of carbonyl (C=O) groups excluding carboxylic acids is 1. The molecular weight excluding hydrogens is 310 g/mol. The quantitative estimate of drug-likeness (QED) is 0.825. The van der Waals surface area contributed by atoms with Crippen LogP contribution in [0.2, 0.25) is 0 Å². The summed E-state index contributed by atoms with van der Waals surface area (Å²) >= 11 is 0. The molecule has 1 aromatic rings. The van der Waals surface area contributed by atoms with E-state index in [2.05, 4.69) is 9.88 Å². The Labute approximate surface area is 143 Å². The lowest BCUT2D eigenvalue weighted by molar-refractivity contribution is 0.0474. The summed E-state index contributed by atoms with van der Waals surface area (Å²) in [6.45, 7) is 2.20. The number of aromatic nitrogens is 1. The van der Waals surface area contributed by atoms with E-state index in [0.29, 0.717) is 30.5 Å². The molecule has 0 aliphatic carbocycles. The molecular formula is C17H27N3O4. The predicted octanol–water partition coefficient (Wildman–Crippen LogP) is 0.731. The Morgan fingerprint density at radius 3 is 2.58 bits per heavy atom. The number of aliphatic hydroxyl groups is 1. The van der Waals surface area contributed by atoms with Crippen molar-refractivity contribution in [2.24, 2.45) is 11.8 Å². The van der Waals surface area contributed by atoms with Crippen LogP contribution in [0.3, 0.4) is 0 Å². The topological polar surface area (TPSA) is 75.1 Å². The normalized spacial score (nSPS) is 21.0. The van der Waals surface area contributed by atoms with Gasteiger partial charge in [-0.25, -0.2) is 0 Å². The van der Waals surface area contributed by atoms with Crippen LogP contribution in [0.15, 0.2) is 12.1 Å². The lowest BCUT2D eigenvalue weighted by atomic mass is 9.89. The Morgan fingerprint density at radius 2 is 2.00 bits per heavy atom. The number of piperidine rings is 1. The minimum Gasteiger partial charge on any atom is -0.481 e. The highest BCUT2D eigenvalue weighted by Gasteiger charge is 2.31. The molecule has 2 heterocycles. The van der Waals surface area contributed by atoms with Crippen LogP contribution in [0, 0.1) is 11.8 Å². The summed E-state index contributed by atoms with van der Waals surface area (Å²) in [5, 5.41) is 9.58. The highest BCUT2D eigenvalue weighted by atomic mass is 16.5. The molecule has 0 unspecified atom stereocenters. The van der Waals surface area contributed by atoms with E-state index in [0.717, 1.165) is 13.0 Å². The molecule has 0 spiro atoms. The second kappa shape index (κ2) is 8.30. The first-order valence-electron chi connectivity index (χ1n) is 8.12. The summed E-state index contributed by atoms with van der Waals surface area (Å²) < 4.78 is 10.3. The Kier molecular flexibility index (Phi) is 6.39. The predicted molar refractivity (Wildman–Crippen MR) is 90.5 cm³/mol. The van der Waals surface area contributed by atoms with Gasteiger partial charge in [-0.2, -0.15) is 4.98 Å². The minimum atomic E-state index is -0.121. The van der Waals surface area contributed by atoms with Crippen LogP contribution < -0.4 is 9.47 Å². The molecule has 0 aromatic carbocycles. The van der Waals surface area contributed by atoms with Crippen LogP contribution in [0.25, 0.3) is 0 Å². The van der Waals surface area contributed by atoms with Crippen molar-refractivity contribution in [2.45, 2.75) is 6.42 Å². The molecule has 2 atom stereocenters. The lowest BCUT2D eigenvalue weighted by Crippen LogP contribution is -2.47. The number of hydrogen-bond donors (Lipinski definition) is 1. The van der Waals surface area contributed by atoms with Crippen LogP contribution in [0.4, 0.5) is 0 Å². The van der Waals surface area contributed by atoms with Gasteiger partial charge >= 0.3 is 0 Å². The van der Waals surface area contributed by atoms with Crippen LogP contribution in [-0.4, -0.2) is 80.4 Å². The minimum absolute atomic E-state index is 0.0890. The lowest BCUT2D eigenvalue weighted by Gasteiger charge is -2.38. The molecule has 2 rings (SSSR count). The summed E-state index contributed by atoms with van der Waals surface area (Å²) in [7, 11) is 7.04. The standard InChI is InChI=1S/C17H27N3O4/c1-19(2)8-12-7-13(11-21)10-20(9-12)17(22)14-5-6-15(23-3)18-16(14)24-4/h5-6,12-13,21H,7-11H2,1-4H3/t12-,13+/m0/s1. The molecule has 1 aromatic heterocycles. The average molecular weight is 337 g/mol. The summed E-state index contributed by atoms with van der Waals surface area (Å²) in [4.78, 5) is 21.0. The first-order valence-corrected chi connectivity index (χ1v) is 8.12. The maximum Gasteiger partial charge on any atom is 0.259 e. The number of aliphatic hydroxyl groups excluding tert-OH is 1. The summed E-state index contributed by atoms with van der Waals surface area (Å²) in [5.74, 6) is 0.983. The molecule has 1 fully saturated rings. The fraction of sp³-hybridized carbons (Fsp3) is 0.647. The number of ether oxygens (including phenoxy) is 2. The van der Waals surface area contributed by atoms with E-state index < -0.39 is 0 Å². The number of amides is 1. The SMILES string of the molecule is COc1ccc(C(=O)N2C[C@H](CO)C[C@@H](CN(C)C)C2)c(OC)n1. The maximum atomic E-state index is 12.9. The van der Waals surface area contributed by atoms with Gasteiger partial charge in [-0.3, -0.25) is 4.79 Å². The van der Waals surface area contributed by atoms with Gasteiger partial charge in [0.25, 0.3) is 5.91 Å². The van der Waals surface area contributed by atoms with Gasteiger partial charge in [0.05, 0.1) is 14.2 Å². The number of likely N-dealkylation sites (tertiary alicyclic amines) is 1. The molecule has 7 heteroatoms. The van der Waals surface area contributed by atoms with E-state index in [4.69, 9.17) is 9.47 Å². The van der Waals surface area contributed by atoms with Crippen molar-refractivity contribution in [3.05, 3.63) is 17.7 Å². The van der Waals surface area contributed by atoms with Crippen molar-refractivity contribution >= 4 is 5.91 Å². The molecule has 7 nitrogen and oxygen atoms in total. The summed E-state index contributed by atoms with van der Waals surface area (Å²) in [6, 6.07) is 3.33. The van der Waals surface area contributed by atoms with Crippen LogP contribution >= 0.6 is 0 Å². The zero-order chi connectivity index (χ0) is 17.7. The molecule has 0 bridgehead atoms. The van der Waals surface area contributed by atoms with Gasteiger partial charge in [0, 0.05) is 32.3 Å². The van der Waals surface area contributed by atoms with E-state index >= 15 is 0 Å². The van der Waals surface area contributed by atoms with E-state index in [1.165, 1.54) is 14.2 Å². The number of pyridine rings is 1. The Hall–Kier alpha value is -1.86. The van der Waals surface area contributed by atoms with Gasteiger partial charge in [-0.05, 0) is 38.4 Å². The van der Waals surface area contributed by atoms with E-state index in [-0.39, 0.29) is 24.3 Å². The van der Waals surface area contributed by atoms with Gasteiger partial charge in [-0.1, -0.05) is 0 Å². The smallest absolute Gasteiger partial charge is 0.259 e. The molecule has 134 valence electrons. The average Bonchev–Trinajstić information content (AvgIpc) is 2.59. The number of hydrogen-bond acceptors (Lipinski definition) is 6. The van der Waals surface area contributed by atoms with Gasteiger partial charge in [0.2, 0.25) is 11.8 Å².